The monoisotopic (exact) mass is 252 g/mol. The number of hydrogen-bond acceptors (Lipinski definition) is 3. The molecule has 0 spiro atoms. The molecule has 0 radical (unpaired) electrons. The molecule has 0 aromatic carbocycles. The summed E-state index contributed by atoms with van der Waals surface area (Å²) in [5.41, 5.74) is 1.72. The molecule has 0 atom stereocenters. The van der Waals surface area contributed by atoms with Gasteiger partial charge in [0.25, 0.3) is 0 Å². The zero-order chi connectivity index (χ0) is 12.5. The van der Waals surface area contributed by atoms with Gasteiger partial charge in [-0.05, 0) is 32.1 Å². The first-order valence-electron chi connectivity index (χ1n) is 6.67. The summed E-state index contributed by atoms with van der Waals surface area (Å²) in [5.74, 6) is 0. The Hall–Kier alpha value is -0.410. The van der Waals surface area contributed by atoms with E-state index in [-0.39, 0.29) is 0 Å². The Balaban J connectivity index is 1.99. The van der Waals surface area contributed by atoms with Crippen molar-refractivity contribution in [3.8, 4) is 0 Å². The van der Waals surface area contributed by atoms with Crippen molar-refractivity contribution in [1.82, 2.24) is 10.3 Å². The number of hydrogen-bond donors (Lipinski definition) is 1. The topological polar surface area (TPSA) is 24.9 Å². The van der Waals surface area contributed by atoms with Gasteiger partial charge in [0, 0.05) is 23.9 Å². The predicted octanol–water partition coefficient (Wildman–Crippen LogP) is 3.47. The standard InChI is InChI=1S/C14H24N2S/c1-10(2)15-9-14(6-5-7-14)8-13-16-11(3)12(4)17-13/h10,15H,5-9H2,1-4H3. The lowest BCUT2D eigenvalue weighted by atomic mass is 9.66. The van der Waals surface area contributed by atoms with Crippen LogP contribution in [0.1, 0.15) is 48.7 Å². The van der Waals surface area contributed by atoms with Crippen LogP contribution in [0.25, 0.3) is 0 Å². The third-order valence-corrected chi connectivity index (χ3v) is 4.97. The maximum Gasteiger partial charge on any atom is 0.0936 e. The Morgan fingerprint density at radius 2 is 2.06 bits per heavy atom. The Bertz CT molecular complexity index is 358. The maximum atomic E-state index is 4.69. The highest BCUT2D eigenvalue weighted by Gasteiger charge is 2.37. The van der Waals surface area contributed by atoms with E-state index in [1.165, 1.54) is 41.3 Å². The molecule has 1 N–H and O–H groups in total. The minimum Gasteiger partial charge on any atom is -0.314 e. The lowest BCUT2D eigenvalue weighted by Crippen LogP contribution is -2.43. The van der Waals surface area contributed by atoms with Crippen molar-refractivity contribution in [1.29, 1.82) is 0 Å². The maximum absolute atomic E-state index is 4.69. The molecule has 0 saturated heterocycles. The van der Waals surface area contributed by atoms with Crippen LogP contribution in [0, 0.1) is 19.3 Å². The first kappa shape index (κ1) is 13.0. The SMILES string of the molecule is Cc1nc(CC2(CNC(C)C)CCC2)sc1C. The molecule has 1 aromatic heterocycles. The van der Waals surface area contributed by atoms with Crippen molar-refractivity contribution in [2.75, 3.05) is 6.54 Å². The lowest BCUT2D eigenvalue weighted by molar-refractivity contribution is 0.126. The third kappa shape index (κ3) is 3.08. The normalized spacial score (nSPS) is 18.4. The number of aryl methyl sites for hydroxylation is 2. The molecule has 2 nitrogen and oxygen atoms in total. The van der Waals surface area contributed by atoms with Crippen LogP contribution in [-0.4, -0.2) is 17.6 Å². The van der Waals surface area contributed by atoms with Crippen LogP contribution in [0.3, 0.4) is 0 Å². The summed E-state index contributed by atoms with van der Waals surface area (Å²) >= 11 is 1.89. The Kier molecular flexibility index (Phi) is 3.88. The Morgan fingerprint density at radius 3 is 2.47 bits per heavy atom. The van der Waals surface area contributed by atoms with E-state index in [0.29, 0.717) is 11.5 Å². The molecule has 1 heterocycles. The van der Waals surface area contributed by atoms with Gasteiger partial charge >= 0.3 is 0 Å². The summed E-state index contributed by atoms with van der Waals surface area (Å²) in [6, 6.07) is 0.590. The fraction of sp³-hybridized carbons (Fsp3) is 0.786. The van der Waals surface area contributed by atoms with Crippen molar-refractivity contribution >= 4 is 11.3 Å². The van der Waals surface area contributed by atoms with Crippen molar-refractivity contribution in [2.24, 2.45) is 5.41 Å². The molecule has 1 fully saturated rings. The fourth-order valence-corrected chi connectivity index (χ4v) is 3.56. The van der Waals surface area contributed by atoms with E-state index >= 15 is 0 Å². The molecule has 0 unspecified atom stereocenters. The fourth-order valence-electron chi connectivity index (χ4n) is 2.45. The third-order valence-electron chi connectivity index (χ3n) is 3.90. The van der Waals surface area contributed by atoms with Crippen LogP contribution in [0.2, 0.25) is 0 Å². The van der Waals surface area contributed by atoms with Gasteiger partial charge in [-0.15, -0.1) is 11.3 Å². The summed E-state index contributed by atoms with van der Waals surface area (Å²) in [7, 11) is 0. The number of thiazole rings is 1. The Labute approximate surface area is 109 Å². The second-order valence-corrected chi connectivity index (χ2v) is 7.10. The van der Waals surface area contributed by atoms with Crippen LogP contribution < -0.4 is 5.32 Å². The van der Waals surface area contributed by atoms with E-state index in [9.17, 15) is 0 Å². The Morgan fingerprint density at radius 1 is 1.35 bits per heavy atom. The smallest absolute Gasteiger partial charge is 0.0936 e. The molecule has 1 aliphatic rings. The van der Waals surface area contributed by atoms with Gasteiger partial charge in [0.15, 0.2) is 0 Å². The molecule has 0 bridgehead atoms. The minimum absolute atomic E-state index is 0.501. The zero-order valence-corrected chi connectivity index (χ0v) is 12.3. The van der Waals surface area contributed by atoms with Crippen LogP contribution >= 0.6 is 11.3 Å². The van der Waals surface area contributed by atoms with Gasteiger partial charge in [0.2, 0.25) is 0 Å². The van der Waals surface area contributed by atoms with E-state index in [0.717, 1.165) is 6.54 Å². The first-order valence-corrected chi connectivity index (χ1v) is 7.49. The zero-order valence-electron chi connectivity index (χ0n) is 11.5. The minimum atomic E-state index is 0.501. The molecule has 1 aliphatic carbocycles. The molecular formula is C14H24N2S. The van der Waals surface area contributed by atoms with Gasteiger partial charge in [0.1, 0.15) is 0 Å². The molecule has 2 rings (SSSR count). The van der Waals surface area contributed by atoms with E-state index < -0.39 is 0 Å². The van der Waals surface area contributed by atoms with Crippen LogP contribution in [0.4, 0.5) is 0 Å². The second kappa shape index (κ2) is 5.07. The van der Waals surface area contributed by atoms with Gasteiger partial charge in [-0.2, -0.15) is 0 Å². The molecule has 1 aromatic rings. The number of aromatic nitrogens is 1. The van der Waals surface area contributed by atoms with Crippen molar-refractivity contribution in [3.05, 3.63) is 15.6 Å². The molecule has 96 valence electrons. The molecule has 3 heteroatoms. The van der Waals surface area contributed by atoms with Gasteiger partial charge in [0.05, 0.1) is 10.7 Å². The second-order valence-electron chi connectivity index (χ2n) is 5.82. The van der Waals surface area contributed by atoms with Crippen LogP contribution in [-0.2, 0) is 6.42 Å². The summed E-state index contributed by atoms with van der Waals surface area (Å²) in [6.07, 6.45) is 5.30. The number of nitrogens with one attached hydrogen (secondary N) is 1. The first-order chi connectivity index (χ1) is 8.01. The summed E-state index contributed by atoms with van der Waals surface area (Å²) in [4.78, 5) is 6.08. The van der Waals surface area contributed by atoms with Crippen LogP contribution in [0.5, 0.6) is 0 Å². The van der Waals surface area contributed by atoms with E-state index in [1.54, 1.807) is 0 Å². The molecular weight excluding hydrogens is 228 g/mol. The van der Waals surface area contributed by atoms with Crippen LogP contribution in [0.15, 0.2) is 0 Å². The summed E-state index contributed by atoms with van der Waals surface area (Å²) in [6.45, 7) is 9.90. The van der Waals surface area contributed by atoms with Gasteiger partial charge in [-0.3, -0.25) is 0 Å². The summed E-state index contributed by atoms with van der Waals surface area (Å²) in [5, 5.41) is 4.94. The largest absolute Gasteiger partial charge is 0.314 e. The highest BCUT2D eigenvalue weighted by Crippen LogP contribution is 2.44. The van der Waals surface area contributed by atoms with Crippen molar-refractivity contribution in [2.45, 2.75) is 59.4 Å². The van der Waals surface area contributed by atoms with Gasteiger partial charge in [-0.1, -0.05) is 20.3 Å². The quantitative estimate of drug-likeness (QED) is 0.868. The number of rotatable bonds is 5. The lowest BCUT2D eigenvalue weighted by Gasteiger charge is -2.42. The molecule has 17 heavy (non-hydrogen) atoms. The highest BCUT2D eigenvalue weighted by molar-refractivity contribution is 7.11. The average molecular weight is 252 g/mol. The van der Waals surface area contributed by atoms with Crippen molar-refractivity contribution in [3.63, 3.8) is 0 Å². The van der Waals surface area contributed by atoms with E-state index in [2.05, 4.69) is 33.0 Å². The average Bonchev–Trinajstić information content (AvgIpc) is 2.50. The molecule has 1 saturated carbocycles. The van der Waals surface area contributed by atoms with Gasteiger partial charge in [-0.25, -0.2) is 4.98 Å². The predicted molar refractivity (Wildman–Crippen MR) is 74.7 cm³/mol. The number of nitrogens with zero attached hydrogens (tertiary/aromatic N) is 1. The summed E-state index contributed by atoms with van der Waals surface area (Å²) < 4.78 is 0. The van der Waals surface area contributed by atoms with Crippen molar-refractivity contribution < 1.29 is 0 Å². The van der Waals surface area contributed by atoms with Gasteiger partial charge < -0.3 is 5.32 Å². The molecule has 0 amide bonds. The highest BCUT2D eigenvalue weighted by atomic mass is 32.1. The van der Waals surface area contributed by atoms with E-state index in [1.807, 2.05) is 11.3 Å². The van der Waals surface area contributed by atoms with E-state index in [4.69, 9.17) is 4.98 Å². The molecule has 0 aliphatic heterocycles.